The molecule has 1 nitrogen and oxygen atoms in total. The van der Waals surface area contributed by atoms with E-state index in [1.165, 1.54) is 16.7 Å². The number of benzene rings is 3. The first-order valence-electron chi connectivity index (χ1n) is 9.32. The summed E-state index contributed by atoms with van der Waals surface area (Å²) in [6.07, 6.45) is 1.97. The molecule has 0 atom stereocenters. The first-order valence-corrected chi connectivity index (χ1v) is 9.32. The fourth-order valence-electron chi connectivity index (χ4n) is 3.45. The van der Waals surface area contributed by atoms with Crippen molar-refractivity contribution in [3.63, 3.8) is 0 Å². The fraction of sp³-hybridized carbons (Fsp3) is 0.115. The zero-order valence-electron chi connectivity index (χ0n) is 15.8. The Morgan fingerprint density at radius 2 is 1.19 bits per heavy atom. The van der Waals surface area contributed by atoms with Crippen molar-refractivity contribution >= 4 is 0 Å². The maximum atomic E-state index is 4.68. The van der Waals surface area contributed by atoms with E-state index in [9.17, 15) is 0 Å². The third-order valence-electron chi connectivity index (χ3n) is 5.25. The van der Waals surface area contributed by atoms with Gasteiger partial charge in [-0.3, -0.25) is 4.98 Å². The summed E-state index contributed by atoms with van der Waals surface area (Å²) in [5.41, 5.74) is 7.06. The van der Waals surface area contributed by atoms with Gasteiger partial charge in [0.15, 0.2) is 0 Å². The molecule has 0 unspecified atom stereocenters. The van der Waals surface area contributed by atoms with E-state index >= 15 is 0 Å². The van der Waals surface area contributed by atoms with Crippen molar-refractivity contribution in [1.29, 1.82) is 0 Å². The number of rotatable bonds is 4. The highest BCUT2D eigenvalue weighted by Crippen LogP contribution is 2.33. The molecule has 0 N–H and O–H groups in total. The Kier molecular flexibility index (Phi) is 4.60. The monoisotopic (exact) mass is 349 g/mol. The van der Waals surface area contributed by atoms with Crippen molar-refractivity contribution in [2.75, 3.05) is 0 Å². The Bertz CT molecular complexity index is 1020. The highest BCUT2D eigenvalue weighted by Gasteiger charge is 2.23. The minimum Gasteiger partial charge on any atom is -0.256 e. The average Bonchev–Trinajstić information content (AvgIpc) is 2.75. The fourth-order valence-corrected chi connectivity index (χ4v) is 3.45. The van der Waals surface area contributed by atoms with Gasteiger partial charge in [0.2, 0.25) is 0 Å². The summed E-state index contributed by atoms with van der Waals surface area (Å²) < 4.78 is 0. The number of nitrogens with zero attached hydrogens (tertiary/aromatic N) is 1. The molecule has 0 amide bonds. The van der Waals surface area contributed by atoms with Crippen LogP contribution in [-0.2, 0) is 5.41 Å². The van der Waals surface area contributed by atoms with Crippen LogP contribution in [0.1, 0.15) is 25.0 Å². The van der Waals surface area contributed by atoms with Crippen LogP contribution in [0.15, 0.2) is 103 Å². The highest BCUT2D eigenvalue weighted by molar-refractivity contribution is 5.67. The predicted octanol–water partition coefficient (Wildman–Crippen LogP) is 6.74. The molecule has 4 aromatic rings. The van der Waals surface area contributed by atoms with Crippen LogP contribution < -0.4 is 0 Å². The van der Waals surface area contributed by atoms with Gasteiger partial charge in [0.1, 0.15) is 0 Å². The molecule has 0 radical (unpaired) electrons. The normalized spacial score (nSPS) is 11.3. The van der Waals surface area contributed by atoms with Crippen molar-refractivity contribution in [2.24, 2.45) is 0 Å². The van der Waals surface area contributed by atoms with Crippen molar-refractivity contribution in [3.8, 4) is 22.4 Å². The Hall–Kier alpha value is -3.19. The summed E-state index contributed by atoms with van der Waals surface area (Å²) in [7, 11) is 0. The topological polar surface area (TPSA) is 12.9 Å². The smallest absolute Gasteiger partial charge is 0.0702 e. The van der Waals surface area contributed by atoms with E-state index < -0.39 is 0 Å². The number of pyridine rings is 1. The molecule has 0 spiro atoms. The SMILES string of the molecule is CC(C)(c1ccccc1)c1cccc(-c2ccc(-c3ccccc3)nc2)c1. The van der Waals surface area contributed by atoms with Gasteiger partial charge in [-0.05, 0) is 22.8 Å². The third-order valence-corrected chi connectivity index (χ3v) is 5.25. The molecular formula is C26H23N. The van der Waals surface area contributed by atoms with Crippen molar-refractivity contribution in [1.82, 2.24) is 4.98 Å². The first kappa shape index (κ1) is 17.2. The van der Waals surface area contributed by atoms with Crippen molar-refractivity contribution < 1.29 is 0 Å². The molecule has 0 aliphatic heterocycles. The second kappa shape index (κ2) is 7.20. The Morgan fingerprint density at radius 1 is 0.556 bits per heavy atom. The van der Waals surface area contributed by atoms with Gasteiger partial charge in [-0.1, -0.05) is 105 Å². The van der Waals surface area contributed by atoms with Gasteiger partial charge in [-0.2, -0.15) is 0 Å². The van der Waals surface area contributed by atoms with Crippen LogP contribution in [0.3, 0.4) is 0 Å². The molecule has 0 saturated carbocycles. The largest absolute Gasteiger partial charge is 0.256 e. The summed E-state index contributed by atoms with van der Waals surface area (Å²) in [6.45, 7) is 4.55. The minimum atomic E-state index is -0.0469. The van der Waals surface area contributed by atoms with Crippen molar-refractivity contribution in [3.05, 3.63) is 114 Å². The number of hydrogen-bond donors (Lipinski definition) is 0. The Morgan fingerprint density at radius 3 is 1.85 bits per heavy atom. The molecule has 1 heterocycles. The molecule has 4 rings (SSSR count). The first-order chi connectivity index (χ1) is 13.1. The van der Waals surface area contributed by atoms with E-state index in [-0.39, 0.29) is 5.41 Å². The van der Waals surface area contributed by atoms with E-state index in [2.05, 4.69) is 97.7 Å². The summed E-state index contributed by atoms with van der Waals surface area (Å²) in [5, 5.41) is 0. The van der Waals surface area contributed by atoms with E-state index in [4.69, 9.17) is 0 Å². The van der Waals surface area contributed by atoms with E-state index in [0.29, 0.717) is 0 Å². The van der Waals surface area contributed by atoms with Gasteiger partial charge in [0.25, 0.3) is 0 Å². The summed E-state index contributed by atoms with van der Waals surface area (Å²) in [4.78, 5) is 4.68. The maximum Gasteiger partial charge on any atom is 0.0702 e. The van der Waals surface area contributed by atoms with Gasteiger partial charge in [0, 0.05) is 22.7 Å². The molecule has 1 aromatic heterocycles. The molecule has 0 bridgehead atoms. The third kappa shape index (κ3) is 3.54. The lowest BCUT2D eigenvalue weighted by atomic mass is 9.77. The van der Waals surface area contributed by atoms with E-state index in [1.54, 1.807) is 0 Å². The summed E-state index contributed by atoms with van der Waals surface area (Å²) in [5.74, 6) is 0. The van der Waals surface area contributed by atoms with Crippen LogP contribution in [-0.4, -0.2) is 4.98 Å². The molecule has 1 heteroatoms. The summed E-state index contributed by atoms with van der Waals surface area (Å²) in [6, 6.07) is 34.0. The van der Waals surface area contributed by atoms with Gasteiger partial charge in [-0.25, -0.2) is 0 Å². The molecule has 3 aromatic carbocycles. The van der Waals surface area contributed by atoms with Crippen LogP contribution in [0.25, 0.3) is 22.4 Å². The maximum absolute atomic E-state index is 4.68. The van der Waals surface area contributed by atoms with Gasteiger partial charge >= 0.3 is 0 Å². The van der Waals surface area contributed by atoms with Crippen LogP contribution in [0, 0.1) is 0 Å². The molecule has 0 fully saturated rings. The Balaban J connectivity index is 1.67. The molecule has 132 valence electrons. The minimum absolute atomic E-state index is 0.0469. The average molecular weight is 349 g/mol. The lowest BCUT2D eigenvalue weighted by molar-refractivity contribution is 0.641. The number of hydrogen-bond acceptors (Lipinski definition) is 1. The predicted molar refractivity (Wildman–Crippen MR) is 114 cm³/mol. The van der Waals surface area contributed by atoms with Crippen LogP contribution in [0.5, 0.6) is 0 Å². The quantitative estimate of drug-likeness (QED) is 0.397. The molecule has 0 saturated heterocycles. The second-order valence-corrected chi connectivity index (χ2v) is 7.37. The van der Waals surface area contributed by atoms with Crippen LogP contribution >= 0.6 is 0 Å². The van der Waals surface area contributed by atoms with E-state index in [1.807, 2.05) is 24.4 Å². The van der Waals surface area contributed by atoms with Gasteiger partial charge in [0.05, 0.1) is 5.69 Å². The van der Waals surface area contributed by atoms with Crippen molar-refractivity contribution in [2.45, 2.75) is 19.3 Å². The molecule has 0 aliphatic rings. The summed E-state index contributed by atoms with van der Waals surface area (Å²) >= 11 is 0. The van der Waals surface area contributed by atoms with Gasteiger partial charge in [-0.15, -0.1) is 0 Å². The lowest BCUT2D eigenvalue weighted by Gasteiger charge is -2.26. The zero-order valence-corrected chi connectivity index (χ0v) is 15.8. The van der Waals surface area contributed by atoms with Gasteiger partial charge < -0.3 is 0 Å². The highest BCUT2D eigenvalue weighted by atomic mass is 14.7. The second-order valence-electron chi connectivity index (χ2n) is 7.37. The molecule has 0 aliphatic carbocycles. The zero-order chi connectivity index (χ0) is 18.7. The standard InChI is InChI=1S/C26H23N/c1-26(2,23-13-7-4-8-14-23)24-15-9-12-21(18-24)22-16-17-25(27-19-22)20-10-5-3-6-11-20/h3-19H,1-2H3. The Labute approximate surface area is 161 Å². The lowest BCUT2D eigenvalue weighted by Crippen LogP contribution is -2.18. The van der Waals surface area contributed by atoms with Crippen LogP contribution in [0.4, 0.5) is 0 Å². The molecular weight excluding hydrogens is 326 g/mol. The number of aromatic nitrogens is 1. The van der Waals surface area contributed by atoms with Crippen LogP contribution in [0.2, 0.25) is 0 Å². The van der Waals surface area contributed by atoms with E-state index in [0.717, 1.165) is 16.8 Å². The molecule has 27 heavy (non-hydrogen) atoms.